The van der Waals surface area contributed by atoms with Crippen LogP contribution >= 0.6 is 27.3 Å². The molecule has 20 heavy (non-hydrogen) atoms. The van der Waals surface area contributed by atoms with Gasteiger partial charge >= 0.3 is 0 Å². The summed E-state index contributed by atoms with van der Waals surface area (Å²) in [4.78, 5) is 12.7. The average Bonchev–Trinajstić information content (AvgIpc) is 2.88. The molecule has 1 amide bonds. The molecule has 2 aromatic rings. The van der Waals surface area contributed by atoms with E-state index in [-0.39, 0.29) is 12.0 Å². The van der Waals surface area contributed by atoms with E-state index in [1.165, 1.54) is 11.3 Å². The Labute approximate surface area is 131 Å². The molecule has 1 atom stereocenters. The number of rotatable bonds is 5. The normalized spacial score (nSPS) is 12.2. The maximum Gasteiger partial charge on any atom is 0.261 e. The first-order valence-corrected chi connectivity index (χ1v) is 7.89. The quantitative estimate of drug-likeness (QED) is 0.883. The summed E-state index contributed by atoms with van der Waals surface area (Å²) in [5.41, 5.74) is 2.26. The van der Waals surface area contributed by atoms with Crippen molar-refractivity contribution in [3.05, 3.63) is 56.2 Å². The SMILES string of the molecule is CO[C@@H](CNC(=O)c1cc(Br)cs1)c1ccccc1C. The maximum atomic E-state index is 12.0. The number of hydrogen-bond acceptors (Lipinski definition) is 3. The molecule has 1 aromatic heterocycles. The Morgan fingerprint density at radius 2 is 2.20 bits per heavy atom. The van der Waals surface area contributed by atoms with Gasteiger partial charge in [0.05, 0.1) is 11.0 Å². The second-order valence-corrected chi connectivity index (χ2v) is 6.25. The Kier molecular flexibility index (Phi) is 5.34. The van der Waals surface area contributed by atoms with Crippen LogP contribution in [0.4, 0.5) is 0 Å². The topological polar surface area (TPSA) is 38.3 Å². The number of carbonyl (C=O) groups excluding carboxylic acids is 1. The smallest absolute Gasteiger partial charge is 0.261 e. The van der Waals surface area contributed by atoms with E-state index < -0.39 is 0 Å². The summed E-state index contributed by atoms with van der Waals surface area (Å²) in [6.07, 6.45) is -0.136. The first kappa shape index (κ1) is 15.2. The molecule has 0 aliphatic carbocycles. The second-order valence-electron chi connectivity index (χ2n) is 4.42. The highest BCUT2D eigenvalue weighted by molar-refractivity contribution is 9.10. The first-order valence-electron chi connectivity index (χ1n) is 6.22. The van der Waals surface area contributed by atoms with Crippen molar-refractivity contribution in [1.29, 1.82) is 0 Å². The van der Waals surface area contributed by atoms with Crippen LogP contribution in [0, 0.1) is 6.92 Å². The van der Waals surface area contributed by atoms with Gasteiger partial charge < -0.3 is 10.1 Å². The lowest BCUT2D eigenvalue weighted by Crippen LogP contribution is -2.28. The monoisotopic (exact) mass is 353 g/mol. The molecule has 0 aliphatic heterocycles. The Hall–Kier alpha value is -1.17. The summed E-state index contributed by atoms with van der Waals surface area (Å²) in [6.45, 7) is 2.50. The predicted molar refractivity (Wildman–Crippen MR) is 85.3 cm³/mol. The molecule has 5 heteroatoms. The Bertz CT molecular complexity index is 597. The van der Waals surface area contributed by atoms with Gasteiger partial charge in [0.25, 0.3) is 5.91 Å². The minimum absolute atomic E-state index is 0.0728. The zero-order chi connectivity index (χ0) is 14.5. The summed E-state index contributed by atoms with van der Waals surface area (Å²) in [6, 6.07) is 9.85. The summed E-state index contributed by atoms with van der Waals surface area (Å²) < 4.78 is 6.41. The maximum absolute atomic E-state index is 12.0. The van der Waals surface area contributed by atoms with Gasteiger partial charge in [-0.1, -0.05) is 24.3 Å². The van der Waals surface area contributed by atoms with Crippen LogP contribution in [0.5, 0.6) is 0 Å². The number of hydrogen-bond donors (Lipinski definition) is 1. The van der Waals surface area contributed by atoms with Crippen LogP contribution < -0.4 is 5.32 Å². The minimum Gasteiger partial charge on any atom is -0.375 e. The number of halogens is 1. The van der Waals surface area contributed by atoms with Crippen LogP contribution in [0.25, 0.3) is 0 Å². The van der Waals surface area contributed by atoms with Gasteiger partial charge in [-0.2, -0.15) is 0 Å². The molecule has 3 nitrogen and oxygen atoms in total. The van der Waals surface area contributed by atoms with Crippen LogP contribution in [0.15, 0.2) is 40.2 Å². The standard InChI is InChI=1S/C15H16BrNO2S/c1-10-5-3-4-6-12(10)13(19-2)8-17-15(18)14-7-11(16)9-20-14/h3-7,9,13H,8H2,1-2H3,(H,17,18)/t13-/m0/s1. The van der Waals surface area contributed by atoms with Crippen molar-refractivity contribution < 1.29 is 9.53 Å². The lowest BCUT2D eigenvalue weighted by Gasteiger charge is -2.18. The largest absolute Gasteiger partial charge is 0.375 e. The van der Waals surface area contributed by atoms with Gasteiger partial charge in [-0.25, -0.2) is 0 Å². The van der Waals surface area contributed by atoms with E-state index in [1.54, 1.807) is 7.11 Å². The third-order valence-electron chi connectivity index (χ3n) is 3.06. The van der Waals surface area contributed by atoms with Crippen molar-refractivity contribution in [3.63, 3.8) is 0 Å². The van der Waals surface area contributed by atoms with E-state index in [9.17, 15) is 4.79 Å². The molecule has 0 bridgehead atoms. The van der Waals surface area contributed by atoms with Gasteiger partial charge in [-0.15, -0.1) is 11.3 Å². The number of benzene rings is 1. The third-order valence-corrected chi connectivity index (χ3v) is 4.75. The van der Waals surface area contributed by atoms with Crippen molar-refractivity contribution in [1.82, 2.24) is 5.32 Å². The third kappa shape index (κ3) is 3.69. The molecule has 0 unspecified atom stereocenters. The number of ether oxygens (including phenoxy) is 1. The van der Waals surface area contributed by atoms with E-state index in [4.69, 9.17) is 4.74 Å². The molecule has 1 aromatic carbocycles. The van der Waals surface area contributed by atoms with Gasteiger partial charge in [0.1, 0.15) is 0 Å². The van der Waals surface area contributed by atoms with Crippen molar-refractivity contribution in [3.8, 4) is 0 Å². The summed E-state index contributed by atoms with van der Waals surface area (Å²) in [5, 5.41) is 4.81. The number of amides is 1. The zero-order valence-corrected chi connectivity index (χ0v) is 13.8. The highest BCUT2D eigenvalue weighted by Crippen LogP contribution is 2.21. The molecular weight excluding hydrogens is 338 g/mol. The fourth-order valence-corrected chi connectivity index (χ4v) is 3.32. The fourth-order valence-electron chi connectivity index (χ4n) is 1.97. The highest BCUT2D eigenvalue weighted by atomic mass is 79.9. The number of methoxy groups -OCH3 is 1. The molecule has 0 fully saturated rings. The second kappa shape index (κ2) is 7.02. The van der Waals surface area contributed by atoms with Crippen LogP contribution in [0.2, 0.25) is 0 Å². The number of aryl methyl sites for hydroxylation is 1. The van der Waals surface area contributed by atoms with Crippen LogP contribution in [0.1, 0.15) is 26.9 Å². The van der Waals surface area contributed by atoms with Crippen LogP contribution in [-0.2, 0) is 4.74 Å². The lowest BCUT2D eigenvalue weighted by molar-refractivity contribution is 0.0829. The van der Waals surface area contributed by atoms with Crippen molar-refractivity contribution in [2.45, 2.75) is 13.0 Å². The van der Waals surface area contributed by atoms with Gasteiger partial charge in [0.15, 0.2) is 0 Å². The van der Waals surface area contributed by atoms with E-state index in [0.717, 1.165) is 15.6 Å². The van der Waals surface area contributed by atoms with Crippen LogP contribution in [-0.4, -0.2) is 19.6 Å². The van der Waals surface area contributed by atoms with Gasteiger partial charge in [0.2, 0.25) is 0 Å². The van der Waals surface area contributed by atoms with Gasteiger partial charge in [0, 0.05) is 23.5 Å². The molecule has 1 heterocycles. The van der Waals surface area contributed by atoms with E-state index in [1.807, 2.05) is 42.6 Å². The zero-order valence-electron chi connectivity index (χ0n) is 11.4. The molecule has 106 valence electrons. The van der Waals surface area contributed by atoms with E-state index in [2.05, 4.69) is 21.2 Å². The molecular formula is C15H16BrNO2S. The molecule has 0 spiro atoms. The van der Waals surface area contributed by atoms with Crippen molar-refractivity contribution in [2.24, 2.45) is 0 Å². The van der Waals surface area contributed by atoms with Crippen molar-refractivity contribution in [2.75, 3.05) is 13.7 Å². The minimum atomic E-state index is -0.136. The first-order chi connectivity index (χ1) is 9.61. The number of thiophene rings is 1. The Morgan fingerprint density at radius 1 is 1.45 bits per heavy atom. The average molecular weight is 354 g/mol. The predicted octanol–water partition coefficient (Wildman–Crippen LogP) is 3.94. The highest BCUT2D eigenvalue weighted by Gasteiger charge is 2.15. The molecule has 0 saturated carbocycles. The summed E-state index contributed by atoms with van der Waals surface area (Å²) in [7, 11) is 1.66. The molecule has 0 radical (unpaired) electrons. The number of nitrogens with one attached hydrogen (secondary N) is 1. The Balaban J connectivity index is 2.01. The Morgan fingerprint density at radius 3 is 2.80 bits per heavy atom. The summed E-state index contributed by atoms with van der Waals surface area (Å²) >= 11 is 4.76. The van der Waals surface area contributed by atoms with Gasteiger partial charge in [-0.3, -0.25) is 4.79 Å². The molecule has 2 rings (SSSR count). The van der Waals surface area contributed by atoms with Crippen molar-refractivity contribution >= 4 is 33.2 Å². The van der Waals surface area contributed by atoms with Crippen LogP contribution in [0.3, 0.4) is 0 Å². The lowest BCUT2D eigenvalue weighted by atomic mass is 10.0. The molecule has 1 N–H and O–H groups in total. The summed E-state index contributed by atoms with van der Waals surface area (Å²) in [5.74, 6) is -0.0728. The van der Waals surface area contributed by atoms with E-state index >= 15 is 0 Å². The molecule has 0 aliphatic rings. The van der Waals surface area contributed by atoms with Gasteiger partial charge in [-0.05, 0) is 40.0 Å². The number of carbonyl (C=O) groups is 1. The van der Waals surface area contributed by atoms with E-state index in [0.29, 0.717) is 11.4 Å². The fraction of sp³-hybridized carbons (Fsp3) is 0.267. The molecule has 0 saturated heterocycles.